The summed E-state index contributed by atoms with van der Waals surface area (Å²) in [4.78, 5) is 21.2. The number of phenols is 1. The number of anilines is 2. The van der Waals surface area contributed by atoms with Gasteiger partial charge in [-0.15, -0.1) is 0 Å². The smallest absolute Gasteiger partial charge is 0.218 e. The first-order chi connectivity index (χ1) is 16.4. The summed E-state index contributed by atoms with van der Waals surface area (Å²) in [6.07, 6.45) is 9.62. The normalized spacial score (nSPS) is 13.5. The fraction of sp³-hybridized carbons (Fsp3) is 0.231. The molecule has 1 aromatic heterocycles. The highest BCUT2D eigenvalue weighted by Crippen LogP contribution is 2.41. The summed E-state index contributed by atoms with van der Waals surface area (Å²) in [5.41, 5.74) is 3.23. The number of phenolic OH excluding ortho intramolecular Hbond substituents is 1. The van der Waals surface area contributed by atoms with Crippen LogP contribution >= 0.6 is 11.6 Å². The molecule has 0 saturated carbocycles. The molecule has 0 radical (unpaired) electrons. The fourth-order valence-corrected chi connectivity index (χ4v) is 4.30. The van der Waals surface area contributed by atoms with Crippen LogP contribution in [-0.4, -0.2) is 48.6 Å². The van der Waals surface area contributed by atoms with Crippen LogP contribution in [0.2, 0.25) is 5.02 Å². The van der Waals surface area contributed by atoms with Crippen LogP contribution in [0.4, 0.5) is 15.8 Å². The van der Waals surface area contributed by atoms with Crippen molar-refractivity contribution < 1.29 is 14.3 Å². The Hall–Kier alpha value is -3.58. The van der Waals surface area contributed by atoms with E-state index < -0.39 is 5.82 Å². The number of nitrogens with zero attached hydrogens (tertiary/aromatic N) is 4. The molecule has 1 aliphatic heterocycles. The van der Waals surface area contributed by atoms with Gasteiger partial charge in [0, 0.05) is 62.5 Å². The summed E-state index contributed by atoms with van der Waals surface area (Å²) in [5.74, 6) is -0.552. The largest absolute Gasteiger partial charge is 0.507 e. The summed E-state index contributed by atoms with van der Waals surface area (Å²) in [7, 11) is 3.68. The fourth-order valence-electron chi connectivity index (χ4n) is 4.02. The van der Waals surface area contributed by atoms with Gasteiger partial charge in [0.25, 0.3) is 0 Å². The monoisotopic (exact) mass is 480 g/mol. The van der Waals surface area contributed by atoms with Crippen LogP contribution in [0.5, 0.6) is 5.75 Å². The number of aromatic nitrogens is 1. The zero-order chi connectivity index (χ0) is 24.2. The van der Waals surface area contributed by atoms with Crippen molar-refractivity contribution in [1.29, 1.82) is 0 Å². The number of aromatic hydroxyl groups is 1. The van der Waals surface area contributed by atoms with E-state index in [0.29, 0.717) is 34.4 Å². The Morgan fingerprint density at radius 3 is 2.38 bits per heavy atom. The summed E-state index contributed by atoms with van der Waals surface area (Å²) in [5, 5.41) is 11.4. The van der Waals surface area contributed by atoms with E-state index in [1.165, 1.54) is 17.0 Å². The van der Waals surface area contributed by atoms with Gasteiger partial charge in [-0.1, -0.05) is 17.7 Å². The third kappa shape index (κ3) is 4.99. The molecule has 2 heterocycles. The molecular weight excluding hydrogens is 455 g/mol. The van der Waals surface area contributed by atoms with Crippen molar-refractivity contribution in [2.75, 3.05) is 37.0 Å². The quantitative estimate of drug-likeness (QED) is 0.452. The Labute approximate surface area is 203 Å². The maximum absolute atomic E-state index is 14.7. The molecule has 0 unspecified atom stereocenters. The lowest BCUT2D eigenvalue weighted by molar-refractivity contribution is -0.106. The number of pyridine rings is 1. The second-order valence-corrected chi connectivity index (χ2v) is 8.82. The molecule has 8 heteroatoms. The molecule has 34 heavy (non-hydrogen) atoms. The zero-order valence-electron chi connectivity index (χ0n) is 19.1. The molecule has 0 aliphatic carbocycles. The van der Waals surface area contributed by atoms with Crippen molar-refractivity contribution >= 4 is 29.4 Å². The minimum absolute atomic E-state index is 0.0645. The molecule has 1 saturated heterocycles. The number of halogens is 2. The Morgan fingerprint density at radius 1 is 1.03 bits per heavy atom. The molecule has 0 spiro atoms. The molecule has 0 atom stereocenters. The standard InChI is InChI=1S/C26H26ClFN4O2/c1-30(2)9-10-32(17-33)25-6-5-18(12-24(25)27)22-13-20(28)14-23(26(22)34)19-11-21(16-29-15-19)31-7-3-4-8-31/h5-6,9-17,34H,3-4,7-8H2,1-2H3/b10-9-. The third-order valence-corrected chi connectivity index (χ3v) is 6.06. The first-order valence-electron chi connectivity index (χ1n) is 11.0. The number of benzene rings is 2. The van der Waals surface area contributed by atoms with Crippen molar-refractivity contribution in [3.63, 3.8) is 0 Å². The van der Waals surface area contributed by atoms with E-state index in [1.807, 2.05) is 20.2 Å². The van der Waals surface area contributed by atoms with E-state index >= 15 is 0 Å². The van der Waals surface area contributed by atoms with Crippen molar-refractivity contribution in [3.05, 3.63) is 72.0 Å². The highest BCUT2D eigenvalue weighted by molar-refractivity contribution is 6.34. The van der Waals surface area contributed by atoms with Gasteiger partial charge in [0.2, 0.25) is 6.41 Å². The van der Waals surface area contributed by atoms with Gasteiger partial charge in [0.05, 0.1) is 22.6 Å². The first-order valence-corrected chi connectivity index (χ1v) is 11.4. The molecule has 0 bridgehead atoms. The van der Waals surface area contributed by atoms with Crippen LogP contribution < -0.4 is 9.80 Å². The van der Waals surface area contributed by atoms with Gasteiger partial charge in [-0.2, -0.15) is 0 Å². The van der Waals surface area contributed by atoms with E-state index in [9.17, 15) is 14.3 Å². The average Bonchev–Trinajstić information content (AvgIpc) is 3.36. The highest BCUT2D eigenvalue weighted by Gasteiger charge is 2.18. The number of carbonyl (C=O) groups is 1. The topological polar surface area (TPSA) is 59.9 Å². The number of amides is 1. The molecule has 1 amide bonds. The second kappa shape index (κ2) is 10.1. The van der Waals surface area contributed by atoms with E-state index in [-0.39, 0.29) is 10.8 Å². The SMILES string of the molecule is CN(C)/C=C\N(C=O)c1ccc(-c2cc(F)cc(-c3cncc(N4CCCC4)c3)c2O)cc1Cl. The van der Waals surface area contributed by atoms with E-state index in [0.717, 1.165) is 31.6 Å². The molecule has 176 valence electrons. The molecule has 1 N–H and O–H groups in total. The van der Waals surface area contributed by atoms with E-state index in [2.05, 4.69) is 9.88 Å². The van der Waals surface area contributed by atoms with Gasteiger partial charge < -0.3 is 14.9 Å². The summed E-state index contributed by atoms with van der Waals surface area (Å²) in [6.45, 7) is 1.91. The van der Waals surface area contributed by atoms with Gasteiger partial charge in [0.15, 0.2) is 0 Å². The first kappa shape index (κ1) is 23.6. The number of carbonyl (C=O) groups excluding carboxylic acids is 1. The summed E-state index contributed by atoms with van der Waals surface area (Å²) >= 11 is 6.47. The molecule has 1 aliphatic rings. The van der Waals surface area contributed by atoms with Crippen molar-refractivity contribution in [1.82, 2.24) is 9.88 Å². The third-order valence-electron chi connectivity index (χ3n) is 5.76. The van der Waals surface area contributed by atoms with Crippen molar-refractivity contribution in [3.8, 4) is 28.0 Å². The zero-order valence-corrected chi connectivity index (χ0v) is 19.8. The van der Waals surface area contributed by atoms with Crippen LogP contribution in [0, 0.1) is 5.82 Å². The molecule has 2 aromatic carbocycles. The number of hydrogen-bond donors (Lipinski definition) is 1. The lowest BCUT2D eigenvalue weighted by Gasteiger charge is -2.19. The van der Waals surface area contributed by atoms with Gasteiger partial charge in [0.1, 0.15) is 11.6 Å². The van der Waals surface area contributed by atoms with Gasteiger partial charge >= 0.3 is 0 Å². The Bertz CT molecular complexity index is 1230. The minimum atomic E-state index is -0.488. The lowest BCUT2D eigenvalue weighted by atomic mass is 9.97. The molecular formula is C26H26ClFN4O2. The molecule has 3 aromatic rings. The van der Waals surface area contributed by atoms with Gasteiger partial charge in [-0.25, -0.2) is 4.39 Å². The van der Waals surface area contributed by atoms with Crippen molar-refractivity contribution in [2.45, 2.75) is 12.8 Å². The Balaban J connectivity index is 1.72. The van der Waals surface area contributed by atoms with Gasteiger partial charge in [-0.3, -0.25) is 14.7 Å². The highest BCUT2D eigenvalue weighted by atomic mass is 35.5. The average molecular weight is 481 g/mol. The van der Waals surface area contributed by atoms with Crippen LogP contribution in [0.1, 0.15) is 12.8 Å². The van der Waals surface area contributed by atoms with Crippen LogP contribution in [0.3, 0.4) is 0 Å². The summed E-state index contributed by atoms with van der Waals surface area (Å²) < 4.78 is 14.7. The Morgan fingerprint density at radius 2 is 1.74 bits per heavy atom. The molecule has 4 rings (SSSR count). The van der Waals surface area contributed by atoms with Crippen LogP contribution in [-0.2, 0) is 4.79 Å². The Kier molecular flexibility index (Phi) is 7.03. The lowest BCUT2D eigenvalue weighted by Crippen LogP contribution is -2.17. The van der Waals surface area contributed by atoms with Crippen LogP contribution in [0.25, 0.3) is 22.3 Å². The minimum Gasteiger partial charge on any atom is -0.507 e. The van der Waals surface area contributed by atoms with E-state index in [1.54, 1.807) is 47.9 Å². The second-order valence-electron chi connectivity index (χ2n) is 8.42. The number of rotatable bonds is 7. The maximum atomic E-state index is 14.7. The summed E-state index contributed by atoms with van der Waals surface area (Å²) in [6, 6.07) is 9.45. The molecule has 1 fully saturated rings. The van der Waals surface area contributed by atoms with E-state index in [4.69, 9.17) is 11.6 Å². The van der Waals surface area contributed by atoms with Crippen LogP contribution in [0.15, 0.2) is 61.2 Å². The predicted octanol–water partition coefficient (Wildman–Crippen LogP) is 5.51. The molecule has 6 nitrogen and oxygen atoms in total. The number of hydrogen-bond acceptors (Lipinski definition) is 5. The predicted molar refractivity (Wildman–Crippen MR) is 135 cm³/mol. The van der Waals surface area contributed by atoms with Gasteiger partial charge in [-0.05, 0) is 48.7 Å². The maximum Gasteiger partial charge on any atom is 0.218 e. The van der Waals surface area contributed by atoms with Crippen molar-refractivity contribution in [2.24, 2.45) is 0 Å².